The average Bonchev–Trinajstić information content (AvgIpc) is 3.61. The lowest BCUT2D eigenvalue weighted by Gasteiger charge is -2.18. The fourth-order valence-electron chi connectivity index (χ4n) is 4.39. The van der Waals surface area contributed by atoms with Gasteiger partial charge in [0.25, 0.3) is 0 Å². The van der Waals surface area contributed by atoms with Gasteiger partial charge < -0.3 is 24.7 Å². The van der Waals surface area contributed by atoms with Crippen molar-refractivity contribution in [3.63, 3.8) is 0 Å². The maximum atomic E-state index is 14.5. The Kier molecular flexibility index (Phi) is 7.18. The zero-order valence-corrected chi connectivity index (χ0v) is 21.4. The van der Waals surface area contributed by atoms with Crippen LogP contribution in [0.15, 0.2) is 55.4 Å². The van der Waals surface area contributed by atoms with Crippen molar-refractivity contribution in [3.05, 3.63) is 66.2 Å². The van der Waals surface area contributed by atoms with Crippen molar-refractivity contribution in [1.82, 2.24) is 29.7 Å². The van der Waals surface area contributed by atoms with Gasteiger partial charge in [0.2, 0.25) is 5.91 Å². The molecule has 0 radical (unpaired) electrons. The second kappa shape index (κ2) is 11.2. The number of methoxy groups -OCH3 is 1. The maximum Gasteiger partial charge on any atom is 0.237 e. The largest absolute Gasteiger partial charge is 0.493 e. The summed E-state index contributed by atoms with van der Waals surface area (Å²) in [7, 11) is 1.48. The van der Waals surface area contributed by atoms with Crippen molar-refractivity contribution >= 4 is 39.9 Å². The van der Waals surface area contributed by atoms with Gasteiger partial charge in [0, 0.05) is 51.3 Å². The van der Waals surface area contributed by atoms with Crippen LogP contribution in [-0.2, 0) is 11.3 Å². The summed E-state index contributed by atoms with van der Waals surface area (Å²) in [5, 5.41) is 6.49. The summed E-state index contributed by atoms with van der Waals surface area (Å²) in [6.45, 7) is 1.45. The summed E-state index contributed by atoms with van der Waals surface area (Å²) in [5.74, 6) is 0.495. The van der Waals surface area contributed by atoms with Crippen molar-refractivity contribution in [3.8, 4) is 11.5 Å². The molecule has 1 amide bonds. The SMILES string of the molecule is [2H]CN1C[C@@H](Oc2cc3c(Nc4cccc(Cl)c4F)ncnc3cc2OC)C[C@H]1C(=O)NCCn1ccnc1. The first kappa shape index (κ1) is 24.4. The van der Waals surface area contributed by atoms with E-state index in [0.29, 0.717) is 54.3 Å². The zero-order valence-electron chi connectivity index (χ0n) is 21.6. The summed E-state index contributed by atoms with van der Waals surface area (Å²) in [4.78, 5) is 27.3. The number of likely N-dealkylation sites (N-methyl/N-ethyl adjacent to an activating group) is 1. The van der Waals surface area contributed by atoms with E-state index in [-0.39, 0.29) is 29.7 Å². The molecule has 0 spiro atoms. The number of hydrogen-bond donors (Lipinski definition) is 2. The maximum absolute atomic E-state index is 14.5. The molecule has 1 aliphatic heterocycles. The Morgan fingerprint density at radius 3 is 3.00 bits per heavy atom. The number of rotatable bonds is 9. The topological polar surface area (TPSA) is 106 Å². The lowest BCUT2D eigenvalue weighted by Crippen LogP contribution is -2.42. The number of fused-ring (bicyclic) bond motifs is 1. The van der Waals surface area contributed by atoms with Gasteiger partial charge in [0.1, 0.15) is 18.2 Å². The zero-order chi connectivity index (χ0) is 27.4. The Hall–Kier alpha value is -3.96. The normalized spacial score (nSPS) is 17.8. The third kappa shape index (κ3) is 5.48. The van der Waals surface area contributed by atoms with Gasteiger partial charge in [0.15, 0.2) is 17.3 Å². The molecule has 5 rings (SSSR count). The van der Waals surface area contributed by atoms with Crippen LogP contribution in [0.25, 0.3) is 10.9 Å². The number of amides is 1. The molecule has 1 aliphatic rings. The second-order valence-electron chi connectivity index (χ2n) is 8.82. The summed E-state index contributed by atoms with van der Waals surface area (Å²) in [6, 6.07) is 7.60. The van der Waals surface area contributed by atoms with Gasteiger partial charge in [-0.2, -0.15) is 0 Å². The molecule has 2 aromatic heterocycles. The van der Waals surface area contributed by atoms with Gasteiger partial charge >= 0.3 is 0 Å². The first-order chi connectivity index (χ1) is 19.0. The van der Waals surface area contributed by atoms with Gasteiger partial charge in [-0.25, -0.2) is 19.3 Å². The minimum atomic E-state index is -0.591. The highest BCUT2D eigenvalue weighted by Gasteiger charge is 2.36. The Morgan fingerprint density at radius 2 is 2.21 bits per heavy atom. The molecule has 1 saturated heterocycles. The Balaban J connectivity index is 1.33. The number of likely N-dealkylation sites (tertiary alicyclic amines) is 1. The van der Waals surface area contributed by atoms with E-state index < -0.39 is 11.9 Å². The van der Waals surface area contributed by atoms with Gasteiger partial charge in [-0.15, -0.1) is 0 Å². The molecule has 12 heteroatoms. The molecule has 0 aliphatic carbocycles. The van der Waals surface area contributed by atoms with Crippen molar-refractivity contribution in [2.24, 2.45) is 0 Å². The monoisotopic (exact) mass is 540 g/mol. The summed E-state index contributed by atoms with van der Waals surface area (Å²) in [5.41, 5.74) is 0.734. The van der Waals surface area contributed by atoms with E-state index in [1.807, 2.05) is 10.8 Å². The molecule has 4 aromatic rings. The molecule has 38 heavy (non-hydrogen) atoms. The highest BCUT2D eigenvalue weighted by atomic mass is 35.5. The number of nitrogens with zero attached hydrogens (tertiary/aromatic N) is 5. The highest BCUT2D eigenvalue weighted by molar-refractivity contribution is 6.31. The van der Waals surface area contributed by atoms with Crippen LogP contribution < -0.4 is 20.1 Å². The lowest BCUT2D eigenvalue weighted by atomic mass is 10.1. The van der Waals surface area contributed by atoms with Crippen molar-refractivity contribution in [2.75, 3.05) is 32.5 Å². The van der Waals surface area contributed by atoms with Crippen LogP contribution in [0.2, 0.25) is 5.02 Å². The molecule has 0 saturated carbocycles. The minimum absolute atomic E-state index is 0.00967. The molecule has 2 N–H and O–H groups in total. The number of anilines is 2. The number of aromatic nitrogens is 4. The van der Waals surface area contributed by atoms with Crippen LogP contribution in [0.4, 0.5) is 15.9 Å². The first-order valence-corrected chi connectivity index (χ1v) is 12.3. The fraction of sp³-hybridized carbons (Fsp3) is 0.308. The molecule has 0 unspecified atom stereocenters. The van der Waals surface area contributed by atoms with E-state index in [9.17, 15) is 9.18 Å². The Labute approximate surface area is 225 Å². The fourth-order valence-corrected chi connectivity index (χ4v) is 4.56. The number of nitrogens with one attached hydrogen (secondary N) is 2. The number of ether oxygens (including phenoxy) is 2. The van der Waals surface area contributed by atoms with E-state index >= 15 is 0 Å². The van der Waals surface area contributed by atoms with Gasteiger partial charge in [0.05, 0.1) is 35.7 Å². The quantitative estimate of drug-likeness (QED) is 0.331. The number of halogens is 2. The van der Waals surface area contributed by atoms with E-state index in [0.717, 1.165) is 0 Å². The molecule has 198 valence electrons. The average molecular weight is 541 g/mol. The molecular formula is C26H27ClFN7O3. The van der Waals surface area contributed by atoms with E-state index in [2.05, 4.69) is 25.6 Å². The van der Waals surface area contributed by atoms with Crippen molar-refractivity contribution in [1.29, 1.82) is 0 Å². The van der Waals surface area contributed by atoms with Crippen molar-refractivity contribution in [2.45, 2.75) is 25.1 Å². The van der Waals surface area contributed by atoms with Gasteiger partial charge in [-0.3, -0.25) is 9.69 Å². The molecule has 3 heterocycles. The van der Waals surface area contributed by atoms with Crippen LogP contribution in [0.5, 0.6) is 11.5 Å². The molecule has 1 fully saturated rings. The molecule has 10 nitrogen and oxygen atoms in total. The summed E-state index contributed by atoms with van der Waals surface area (Å²) < 4.78 is 36.2. The number of carbonyl (C=O) groups is 1. The number of hydrogen-bond acceptors (Lipinski definition) is 8. The molecular weight excluding hydrogens is 513 g/mol. The first-order valence-electron chi connectivity index (χ1n) is 12.6. The van der Waals surface area contributed by atoms with E-state index in [4.69, 9.17) is 22.4 Å². The predicted molar refractivity (Wildman–Crippen MR) is 141 cm³/mol. The number of carbonyl (C=O) groups excluding carboxylic acids is 1. The lowest BCUT2D eigenvalue weighted by molar-refractivity contribution is -0.125. The molecule has 0 bridgehead atoms. The second-order valence-corrected chi connectivity index (χ2v) is 9.23. The number of benzene rings is 2. The summed E-state index contributed by atoms with van der Waals surface area (Å²) in [6.07, 6.45) is 6.61. The van der Waals surface area contributed by atoms with Crippen LogP contribution in [-0.4, -0.2) is 69.7 Å². The van der Waals surface area contributed by atoms with Crippen LogP contribution >= 0.6 is 11.6 Å². The standard InChI is InChI=1S/C26H27ClFN7O3/c1-34-13-16(10-21(34)26(36)30-7-9-35-8-6-29-15-35)38-23-11-17-20(12-22(23)37-2)31-14-32-25(17)33-19-5-3-4-18(27)24(19)28/h3-6,8,11-12,14-16,21H,7,9-10,13H2,1-2H3,(H,30,36)(H,31,32,33)/t16-,21-/m0/s1/i1D. The van der Waals surface area contributed by atoms with Gasteiger partial charge in [-0.1, -0.05) is 17.7 Å². The van der Waals surface area contributed by atoms with Crippen molar-refractivity contribution < 1.29 is 20.0 Å². The molecule has 2 atom stereocenters. The van der Waals surface area contributed by atoms with Gasteiger partial charge in [-0.05, 0) is 25.2 Å². The van der Waals surface area contributed by atoms with E-state index in [1.165, 1.54) is 19.5 Å². The number of imidazole rings is 1. The third-order valence-corrected chi connectivity index (χ3v) is 6.61. The Bertz CT molecular complexity index is 1460. The summed E-state index contributed by atoms with van der Waals surface area (Å²) >= 11 is 5.93. The smallest absolute Gasteiger partial charge is 0.237 e. The third-order valence-electron chi connectivity index (χ3n) is 6.32. The van der Waals surface area contributed by atoms with Crippen LogP contribution in [0, 0.1) is 5.82 Å². The van der Waals surface area contributed by atoms with Crippen LogP contribution in [0.3, 0.4) is 0 Å². The predicted octanol–water partition coefficient (Wildman–Crippen LogP) is 3.64. The molecule has 2 aromatic carbocycles. The Morgan fingerprint density at radius 1 is 1.32 bits per heavy atom. The van der Waals surface area contributed by atoms with E-state index in [1.54, 1.807) is 41.7 Å². The van der Waals surface area contributed by atoms with Crippen LogP contribution in [0.1, 0.15) is 7.79 Å². The highest BCUT2D eigenvalue weighted by Crippen LogP contribution is 2.37. The minimum Gasteiger partial charge on any atom is -0.493 e.